The molecular weight excluding hydrogens is 226 g/mol. The molecule has 0 atom stereocenters. The van der Waals surface area contributed by atoms with E-state index in [1.165, 1.54) is 0 Å². The SMILES string of the molecule is Cc1cccc(CN(C)C(=O)C2CCNCC2)n1. The Bertz CT molecular complexity index is 413. The number of carbonyl (C=O) groups excluding carboxylic acids is 1. The van der Waals surface area contributed by atoms with Gasteiger partial charge in [0, 0.05) is 18.7 Å². The van der Waals surface area contributed by atoms with Gasteiger partial charge in [-0.3, -0.25) is 9.78 Å². The molecule has 0 spiro atoms. The summed E-state index contributed by atoms with van der Waals surface area (Å²) in [6, 6.07) is 5.93. The van der Waals surface area contributed by atoms with Crippen LogP contribution in [-0.4, -0.2) is 35.9 Å². The third kappa shape index (κ3) is 3.29. The minimum atomic E-state index is 0.182. The molecule has 98 valence electrons. The Hall–Kier alpha value is -1.42. The number of hydrogen-bond donors (Lipinski definition) is 1. The Morgan fingerprint density at radius 3 is 2.83 bits per heavy atom. The van der Waals surface area contributed by atoms with Gasteiger partial charge in [0.15, 0.2) is 0 Å². The van der Waals surface area contributed by atoms with Crippen LogP contribution in [0.4, 0.5) is 0 Å². The van der Waals surface area contributed by atoms with Crippen molar-refractivity contribution in [2.45, 2.75) is 26.3 Å². The fourth-order valence-corrected chi connectivity index (χ4v) is 2.39. The number of piperidine rings is 1. The summed E-state index contributed by atoms with van der Waals surface area (Å²) in [7, 11) is 1.87. The highest BCUT2D eigenvalue weighted by Gasteiger charge is 2.23. The van der Waals surface area contributed by atoms with Crippen LogP contribution in [0.5, 0.6) is 0 Å². The highest BCUT2D eigenvalue weighted by atomic mass is 16.2. The van der Waals surface area contributed by atoms with E-state index >= 15 is 0 Å². The van der Waals surface area contributed by atoms with Crippen molar-refractivity contribution in [1.29, 1.82) is 0 Å². The average Bonchev–Trinajstić information content (AvgIpc) is 2.39. The molecule has 1 aliphatic heterocycles. The summed E-state index contributed by atoms with van der Waals surface area (Å²) < 4.78 is 0. The zero-order chi connectivity index (χ0) is 13.0. The number of amides is 1. The van der Waals surface area contributed by atoms with Crippen LogP contribution in [0.3, 0.4) is 0 Å². The lowest BCUT2D eigenvalue weighted by Crippen LogP contribution is -2.39. The van der Waals surface area contributed by atoms with Crippen molar-refractivity contribution < 1.29 is 4.79 Å². The van der Waals surface area contributed by atoms with Gasteiger partial charge in [0.2, 0.25) is 5.91 Å². The summed E-state index contributed by atoms with van der Waals surface area (Å²) in [5.74, 6) is 0.431. The van der Waals surface area contributed by atoms with Crippen LogP contribution in [0.1, 0.15) is 24.2 Å². The van der Waals surface area contributed by atoms with Crippen LogP contribution < -0.4 is 5.32 Å². The average molecular weight is 247 g/mol. The summed E-state index contributed by atoms with van der Waals surface area (Å²) >= 11 is 0. The Labute approximate surface area is 108 Å². The van der Waals surface area contributed by atoms with Crippen LogP contribution in [0.2, 0.25) is 0 Å². The van der Waals surface area contributed by atoms with E-state index in [4.69, 9.17) is 0 Å². The molecule has 1 amide bonds. The molecule has 1 fully saturated rings. The topological polar surface area (TPSA) is 45.2 Å². The summed E-state index contributed by atoms with van der Waals surface area (Å²) in [5.41, 5.74) is 1.95. The summed E-state index contributed by atoms with van der Waals surface area (Å²) in [4.78, 5) is 18.5. The second kappa shape index (κ2) is 5.96. The first-order valence-electron chi connectivity index (χ1n) is 6.55. The molecule has 2 rings (SSSR count). The third-order valence-electron chi connectivity index (χ3n) is 3.41. The molecule has 0 unspecified atom stereocenters. The van der Waals surface area contributed by atoms with Gasteiger partial charge < -0.3 is 10.2 Å². The Morgan fingerprint density at radius 2 is 2.17 bits per heavy atom. The summed E-state index contributed by atoms with van der Waals surface area (Å²) in [6.07, 6.45) is 1.90. The van der Waals surface area contributed by atoms with Gasteiger partial charge in [0.1, 0.15) is 0 Å². The zero-order valence-corrected chi connectivity index (χ0v) is 11.1. The molecule has 0 aromatic carbocycles. The van der Waals surface area contributed by atoms with Crippen molar-refractivity contribution in [1.82, 2.24) is 15.2 Å². The van der Waals surface area contributed by atoms with E-state index < -0.39 is 0 Å². The fourth-order valence-electron chi connectivity index (χ4n) is 2.39. The quantitative estimate of drug-likeness (QED) is 0.877. The van der Waals surface area contributed by atoms with Gasteiger partial charge in [-0.15, -0.1) is 0 Å². The van der Waals surface area contributed by atoms with Gasteiger partial charge in [-0.05, 0) is 45.0 Å². The highest BCUT2D eigenvalue weighted by molar-refractivity contribution is 5.78. The molecule has 0 saturated carbocycles. The van der Waals surface area contributed by atoms with Gasteiger partial charge in [-0.1, -0.05) is 6.07 Å². The molecule has 1 aromatic rings. The van der Waals surface area contributed by atoms with Gasteiger partial charge in [-0.2, -0.15) is 0 Å². The monoisotopic (exact) mass is 247 g/mol. The molecule has 1 saturated heterocycles. The maximum absolute atomic E-state index is 12.3. The lowest BCUT2D eigenvalue weighted by Gasteiger charge is -2.26. The predicted molar refractivity (Wildman–Crippen MR) is 71.0 cm³/mol. The number of nitrogens with one attached hydrogen (secondary N) is 1. The van der Waals surface area contributed by atoms with E-state index in [1.54, 1.807) is 4.90 Å². The van der Waals surface area contributed by atoms with E-state index in [9.17, 15) is 4.79 Å². The van der Waals surface area contributed by atoms with Gasteiger partial charge >= 0.3 is 0 Å². The van der Waals surface area contributed by atoms with Gasteiger partial charge in [-0.25, -0.2) is 0 Å². The van der Waals surface area contributed by atoms with Crippen LogP contribution in [0, 0.1) is 12.8 Å². The predicted octanol–water partition coefficient (Wildman–Crippen LogP) is 1.35. The standard InChI is InChI=1S/C14H21N3O/c1-11-4-3-5-13(16-11)10-17(2)14(18)12-6-8-15-9-7-12/h3-5,12,15H,6-10H2,1-2H3. The van der Waals surface area contributed by atoms with Crippen molar-refractivity contribution >= 4 is 5.91 Å². The minimum absolute atomic E-state index is 0.182. The molecule has 18 heavy (non-hydrogen) atoms. The number of aromatic nitrogens is 1. The Kier molecular flexibility index (Phi) is 4.31. The highest BCUT2D eigenvalue weighted by Crippen LogP contribution is 2.15. The van der Waals surface area contributed by atoms with E-state index in [0.717, 1.165) is 37.3 Å². The number of pyridine rings is 1. The molecule has 4 heteroatoms. The van der Waals surface area contributed by atoms with Crippen LogP contribution in [0.25, 0.3) is 0 Å². The normalized spacial score (nSPS) is 16.6. The molecule has 0 radical (unpaired) electrons. The van der Waals surface area contributed by atoms with Crippen molar-refractivity contribution in [3.05, 3.63) is 29.6 Å². The third-order valence-corrected chi connectivity index (χ3v) is 3.41. The first kappa shape index (κ1) is 13.0. The summed E-state index contributed by atoms with van der Waals surface area (Å²) in [5, 5.41) is 3.28. The molecule has 1 aromatic heterocycles. The lowest BCUT2D eigenvalue weighted by molar-refractivity contribution is -0.135. The molecule has 1 aliphatic rings. The van der Waals surface area contributed by atoms with E-state index in [2.05, 4.69) is 10.3 Å². The molecular formula is C14H21N3O. The maximum atomic E-state index is 12.3. The molecule has 2 heterocycles. The van der Waals surface area contributed by atoms with Crippen LogP contribution in [-0.2, 0) is 11.3 Å². The number of nitrogens with zero attached hydrogens (tertiary/aromatic N) is 2. The maximum Gasteiger partial charge on any atom is 0.225 e. The molecule has 1 N–H and O–H groups in total. The molecule has 4 nitrogen and oxygen atoms in total. The van der Waals surface area contributed by atoms with Gasteiger partial charge in [0.25, 0.3) is 0 Å². The number of rotatable bonds is 3. The Balaban J connectivity index is 1.94. The lowest BCUT2D eigenvalue weighted by atomic mass is 9.96. The Morgan fingerprint density at radius 1 is 1.44 bits per heavy atom. The van der Waals surface area contributed by atoms with Crippen molar-refractivity contribution in [2.75, 3.05) is 20.1 Å². The largest absolute Gasteiger partial charge is 0.340 e. The molecule has 0 aliphatic carbocycles. The van der Waals surface area contributed by atoms with Crippen molar-refractivity contribution in [3.8, 4) is 0 Å². The second-order valence-electron chi connectivity index (χ2n) is 4.99. The fraction of sp³-hybridized carbons (Fsp3) is 0.571. The van der Waals surface area contributed by atoms with E-state index in [0.29, 0.717) is 6.54 Å². The van der Waals surface area contributed by atoms with E-state index in [1.807, 2.05) is 32.2 Å². The first-order valence-corrected chi connectivity index (χ1v) is 6.55. The van der Waals surface area contributed by atoms with Crippen LogP contribution in [0.15, 0.2) is 18.2 Å². The van der Waals surface area contributed by atoms with Crippen molar-refractivity contribution in [3.63, 3.8) is 0 Å². The van der Waals surface area contributed by atoms with Crippen molar-refractivity contribution in [2.24, 2.45) is 5.92 Å². The smallest absolute Gasteiger partial charge is 0.225 e. The summed E-state index contributed by atoms with van der Waals surface area (Å²) in [6.45, 7) is 4.47. The second-order valence-corrected chi connectivity index (χ2v) is 4.99. The number of hydrogen-bond acceptors (Lipinski definition) is 3. The zero-order valence-electron chi connectivity index (χ0n) is 11.1. The number of aryl methyl sites for hydroxylation is 1. The van der Waals surface area contributed by atoms with Crippen LogP contribution >= 0.6 is 0 Å². The van der Waals surface area contributed by atoms with Gasteiger partial charge in [0.05, 0.1) is 12.2 Å². The van der Waals surface area contributed by atoms with E-state index in [-0.39, 0.29) is 11.8 Å². The minimum Gasteiger partial charge on any atom is -0.340 e. The first-order chi connectivity index (χ1) is 8.66. The number of carbonyl (C=O) groups is 1. The molecule has 0 bridgehead atoms.